The number of rotatable bonds is 2. The van der Waals surface area contributed by atoms with E-state index in [4.69, 9.17) is 0 Å². The van der Waals surface area contributed by atoms with E-state index in [9.17, 15) is 0 Å². The van der Waals surface area contributed by atoms with Gasteiger partial charge in [-0.15, -0.1) is 22.7 Å². The molecule has 0 amide bonds. The zero-order chi connectivity index (χ0) is 32.4. The first-order valence-corrected chi connectivity index (χ1v) is 21.7. The number of benzene rings is 8. The molecule has 0 fully saturated rings. The molecule has 10 aromatic rings. The zero-order valence-electron chi connectivity index (χ0n) is 27.2. The van der Waals surface area contributed by atoms with Crippen molar-refractivity contribution in [3.8, 4) is 33.4 Å². The van der Waals surface area contributed by atoms with Crippen LogP contribution in [-0.2, 0) is 0 Å². The lowest BCUT2D eigenvalue weighted by Gasteiger charge is -2.22. The van der Waals surface area contributed by atoms with Crippen molar-refractivity contribution in [3.63, 3.8) is 0 Å². The van der Waals surface area contributed by atoms with Crippen LogP contribution < -0.4 is 10.4 Å². The van der Waals surface area contributed by atoms with E-state index in [0.29, 0.717) is 0 Å². The molecule has 0 unspecified atom stereocenters. The van der Waals surface area contributed by atoms with Crippen LogP contribution in [0.15, 0.2) is 146 Å². The molecule has 0 aliphatic carbocycles. The molecule has 3 heteroatoms. The second kappa shape index (κ2) is 9.99. The second-order valence-corrected chi connectivity index (χ2v) is 20.4. The molecule has 230 valence electrons. The molecule has 0 atom stereocenters. The van der Waals surface area contributed by atoms with Crippen molar-refractivity contribution in [2.24, 2.45) is 0 Å². The number of hydrogen-bond donors (Lipinski definition) is 0. The number of hydrogen-bond acceptors (Lipinski definition) is 2. The average Bonchev–Trinajstić information content (AvgIpc) is 3.78. The summed E-state index contributed by atoms with van der Waals surface area (Å²) in [7, 11) is -1.93. The molecule has 0 saturated carbocycles. The van der Waals surface area contributed by atoms with Crippen molar-refractivity contribution < 1.29 is 0 Å². The Balaban J connectivity index is 1.36. The highest BCUT2D eigenvalue weighted by atomic mass is 32.1. The third kappa shape index (κ3) is 3.73. The molecule has 1 aliphatic rings. The van der Waals surface area contributed by atoms with Gasteiger partial charge in [-0.3, -0.25) is 0 Å². The third-order valence-corrected chi connectivity index (χ3v) is 17.1. The van der Waals surface area contributed by atoms with Crippen molar-refractivity contribution in [2.45, 2.75) is 13.1 Å². The lowest BCUT2D eigenvalue weighted by atomic mass is 9.84. The lowest BCUT2D eigenvalue weighted by Crippen LogP contribution is -2.49. The highest BCUT2D eigenvalue weighted by Gasteiger charge is 2.38. The predicted octanol–water partition coefficient (Wildman–Crippen LogP) is 12.9. The molecule has 2 aromatic heterocycles. The van der Waals surface area contributed by atoms with Crippen molar-refractivity contribution in [3.05, 3.63) is 146 Å². The van der Waals surface area contributed by atoms with Gasteiger partial charge in [-0.25, -0.2) is 0 Å². The van der Waals surface area contributed by atoms with Gasteiger partial charge in [0.15, 0.2) is 0 Å². The number of thiophene rings is 2. The summed E-state index contributed by atoms with van der Waals surface area (Å²) >= 11 is 3.86. The summed E-state index contributed by atoms with van der Waals surface area (Å²) in [6.45, 7) is 5.07. The minimum atomic E-state index is -1.93. The Bertz CT molecular complexity index is 3030. The fraction of sp³-hybridized carbons (Fsp3) is 0.0435. The summed E-state index contributed by atoms with van der Waals surface area (Å²) in [6.07, 6.45) is 0. The Labute approximate surface area is 293 Å². The van der Waals surface area contributed by atoms with Crippen LogP contribution in [0.2, 0.25) is 13.1 Å². The van der Waals surface area contributed by atoms with Crippen LogP contribution in [0.3, 0.4) is 0 Å². The van der Waals surface area contributed by atoms with E-state index in [2.05, 4.69) is 159 Å². The molecule has 0 nitrogen and oxygen atoms in total. The Morgan fingerprint density at radius 2 is 0.796 bits per heavy atom. The Morgan fingerprint density at radius 3 is 1.39 bits per heavy atom. The molecule has 49 heavy (non-hydrogen) atoms. The van der Waals surface area contributed by atoms with Crippen LogP contribution in [0.4, 0.5) is 0 Å². The molecule has 3 heterocycles. The maximum absolute atomic E-state index is 2.62. The van der Waals surface area contributed by atoms with Crippen molar-refractivity contribution >= 4 is 103 Å². The van der Waals surface area contributed by atoms with Gasteiger partial charge in [-0.05, 0) is 72.4 Å². The molecule has 8 aromatic carbocycles. The van der Waals surface area contributed by atoms with Gasteiger partial charge in [0, 0.05) is 51.5 Å². The molecule has 1 aliphatic heterocycles. The summed E-state index contributed by atoms with van der Waals surface area (Å²) < 4.78 is 5.42. The number of fused-ring (bicyclic) bond motifs is 11. The van der Waals surface area contributed by atoms with Crippen molar-refractivity contribution in [2.75, 3.05) is 0 Å². The van der Waals surface area contributed by atoms with Gasteiger partial charge in [0.1, 0.15) is 8.07 Å². The first-order valence-electron chi connectivity index (χ1n) is 17.0. The van der Waals surface area contributed by atoms with E-state index in [1.54, 1.807) is 10.4 Å². The second-order valence-electron chi connectivity index (χ2n) is 14.0. The van der Waals surface area contributed by atoms with E-state index in [1.807, 2.05) is 22.7 Å². The summed E-state index contributed by atoms with van der Waals surface area (Å²) in [5.41, 5.74) is 8.21. The van der Waals surface area contributed by atoms with Gasteiger partial charge in [-0.1, -0.05) is 140 Å². The molecule has 11 rings (SSSR count). The zero-order valence-corrected chi connectivity index (χ0v) is 29.8. The lowest BCUT2D eigenvalue weighted by molar-refractivity contribution is 1.71. The van der Waals surface area contributed by atoms with Crippen LogP contribution in [-0.4, -0.2) is 8.07 Å². The van der Waals surface area contributed by atoms with Gasteiger partial charge in [-0.2, -0.15) is 0 Å². The monoisotopic (exact) mass is 674 g/mol. The molecule has 0 spiro atoms. The predicted molar refractivity (Wildman–Crippen MR) is 220 cm³/mol. The first-order chi connectivity index (χ1) is 24.1. The van der Waals surface area contributed by atoms with Crippen molar-refractivity contribution in [1.29, 1.82) is 0 Å². The molecule has 0 bridgehead atoms. The quantitative estimate of drug-likeness (QED) is 0.126. The smallest absolute Gasteiger partial charge is 0.113 e. The van der Waals surface area contributed by atoms with Gasteiger partial charge in [0.25, 0.3) is 0 Å². The van der Waals surface area contributed by atoms with E-state index in [1.165, 1.54) is 95.3 Å². The van der Waals surface area contributed by atoms with Crippen molar-refractivity contribution in [1.82, 2.24) is 0 Å². The summed E-state index contributed by atoms with van der Waals surface area (Å²) in [6, 6.07) is 55.2. The summed E-state index contributed by atoms with van der Waals surface area (Å²) in [4.78, 5) is 0. The maximum atomic E-state index is 2.62. The average molecular weight is 675 g/mol. The highest BCUT2D eigenvalue weighted by Crippen LogP contribution is 2.51. The van der Waals surface area contributed by atoms with Crippen LogP contribution in [0.5, 0.6) is 0 Å². The van der Waals surface area contributed by atoms with Crippen LogP contribution in [0, 0.1) is 0 Å². The first kappa shape index (κ1) is 27.8. The minimum Gasteiger partial charge on any atom is -0.135 e. The van der Waals surface area contributed by atoms with Gasteiger partial charge < -0.3 is 0 Å². The summed E-state index contributed by atoms with van der Waals surface area (Å²) in [5, 5.41) is 13.8. The maximum Gasteiger partial charge on any atom is 0.113 e. The fourth-order valence-electron chi connectivity index (χ4n) is 8.84. The molecule has 0 radical (unpaired) electrons. The van der Waals surface area contributed by atoms with E-state index in [0.717, 1.165) is 0 Å². The topological polar surface area (TPSA) is 0 Å². The molecular formula is C46H30S2Si. The Hall–Kier alpha value is -5.06. The van der Waals surface area contributed by atoms with Gasteiger partial charge in [0.05, 0.1) is 0 Å². The fourth-order valence-corrected chi connectivity index (χ4v) is 14.4. The Morgan fingerprint density at radius 1 is 0.347 bits per heavy atom. The Kier molecular flexibility index (Phi) is 5.68. The SMILES string of the molecule is C[Si]1(C)c2ccccc2-c2cc3c(-c4cccc5c4sc4ccccc45)c4ccccc4c(-c4cccc5c4sc4ccccc45)c3cc21. The summed E-state index contributed by atoms with van der Waals surface area (Å²) in [5.74, 6) is 0. The van der Waals surface area contributed by atoms with Crippen LogP contribution in [0.25, 0.3) is 95.3 Å². The van der Waals surface area contributed by atoms with Gasteiger partial charge >= 0.3 is 0 Å². The van der Waals surface area contributed by atoms with E-state index in [-0.39, 0.29) is 0 Å². The van der Waals surface area contributed by atoms with Crippen LogP contribution >= 0.6 is 22.7 Å². The van der Waals surface area contributed by atoms with Gasteiger partial charge in [0.2, 0.25) is 0 Å². The third-order valence-electron chi connectivity index (χ3n) is 11.1. The highest BCUT2D eigenvalue weighted by molar-refractivity contribution is 7.26. The van der Waals surface area contributed by atoms with E-state index < -0.39 is 8.07 Å². The molecule has 0 saturated heterocycles. The van der Waals surface area contributed by atoms with E-state index >= 15 is 0 Å². The largest absolute Gasteiger partial charge is 0.135 e. The normalized spacial score (nSPS) is 13.7. The van der Waals surface area contributed by atoms with Crippen LogP contribution in [0.1, 0.15) is 0 Å². The molecular weight excluding hydrogens is 645 g/mol. The standard InChI is InChI=1S/C46H30S2Si/c1-49(2)41-24-10-7-15-29(41)36-25-37-38(26-42(36)49)44(35-21-12-19-33-28-14-6-9-23-40(28)48-46(33)35)31-17-4-3-16-30(31)43(37)34-20-11-18-32-27-13-5-8-22-39(27)47-45(32)34/h3-26H,1-2H3. The molecule has 0 N–H and O–H groups in total. The minimum absolute atomic E-state index is 1.32.